The molecule has 2 aliphatic carbocycles. The number of carbonyl (C=O) groups excluding carboxylic acids is 13. The van der Waals surface area contributed by atoms with E-state index in [0.29, 0.717) is 50.2 Å². The van der Waals surface area contributed by atoms with Crippen molar-refractivity contribution in [1.82, 2.24) is 67.9 Å². The Morgan fingerprint density at radius 2 is 1.28 bits per heavy atom. The van der Waals surface area contributed by atoms with Crippen molar-refractivity contribution in [1.29, 1.82) is 0 Å². The van der Waals surface area contributed by atoms with Crippen molar-refractivity contribution < 1.29 is 131 Å². The van der Waals surface area contributed by atoms with Gasteiger partial charge in [-0.3, -0.25) is 58.2 Å². The fourth-order valence-corrected chi connectivity index (χ4v) is 15.4. The molecular formula is C87H143N13O27. The highest BCUT2D eigenvalue weighted by Crippen LogP contribution is 2.52. The van der Waals surface area contributed by atoms with E-state index in [0.717, 1.165) is 24.8 Å². The van der Waals surface area contributed by atoms with E-state index in [2.05, 4.69) is 65.0 Å². The first kappa shape index (κ1) is 110. The van der Waals surface area contributed by atoms with Gasteiger partial charge in [0.2, 0.25) is 47.3 Å². The minimum Gasteiger partial charge on any atom is -0.480 e. The fraction of sp³-hybridized carbons (Fsp3) is 0.747. The highest BCUT2D eigenvalue weighted by Gasteiger charge is 2.50. The maximum atomic E-state index is 14.6. The smallest absolute Gasteiger partial charge is 0.407 e. The Morgan fingerprint density at radius 3 is 1.91 bits per heavy atom. The number of carbonyl (C=O) groups is 14. The quantitative estimate of drug-likeness (QED) is 0.0154. The number of hydrogen-bond acceptors (Lipinski definition) is 29. The van der Waals surface area contributed by atoms with Crippen LogP contribution in [0, 0.1) is 53.3 Å². The number of ether oxygens (including phenoxy) is 7. The number of rotatable bonds is 62. The van der Waals surface area contributed by atoms with Gasteiger partial charge in [-0.2, -0.15) is 0 Å². The minimum atomic E-state index is -2.02. The third-order valence-corrected chi connectivity index (χ3v) is 23.2. The topological polar surface area (TPSA) is 555 Å². The molecule has 1 aromatic carbocycles. The number of fused-ring (bicyclic) bond motifs is 1. The second kappa shape index (κ2) is 57.7. The van der Waals surface area contributed by atoms with Gasteiger partial charge in [0.25, 0.3) is 0 Å². The summed E-state index contributed by atoms with van der Waals surface area (Å²) in [5, 5.41) is 85.1. The number of nitrogens with one attached hydrogen (secondary N) is 10. The summed E-state index contributed by atoms with van der Waals surface area (Å²) in [6.45, 7) is 15.3. The van der Waals surface area contributed by atoms with Crippen LogP contribution in [-0.2, 0) is 97.1 Å². The predicted octanol–water partition coefficient (Wildman–Crippen LogP) is -1.40. The lowest BCUT2D eigenvalue weighted by Gasteiger charge is -2.41. The number of ketones is 2. The summed E-state index contributed by atoms with van der Waals surface area (Å²) in [6, 6.07) is -1.40. The van der Waals surface area contributed by atoms with Gasteiger partial charge in [0.05, 0.1) is 114 Å². The normalized spacial score (nSPS) is 19.3. The lowest BCUT2D eigenvalue weighted by atomic mass is 9.89. The third kappa shape index (κ3) is 37.8. The number of carboxylic acid groups (broad SMARTS) is 1. The molecule has 2 fully saturated rings. The number of likely N-dealkylation sites (tertiary alicyclic amines) is 1. The fourth-order valence-electron chi connectivity index (χ4n) is 15.4. The zero-order valence-corrected chi connectivity index (χ0v) is 76.4. The standard InChI is InChI=1S/C87H143N13O27/c1-16-52(6)75(99(13)83(115)73(50(2)3)97-82(114)74(51(4)5)98(11)12)69(121-14)44-72(108)100-37-23-29-64(100)78(122-15)53(7)79(111)96-62(43-57-25-19-17-20-26-57)80(112)88-34-24-38-125-85(118)56(10)94-71(107)32-35-89-86(119)127-49-63(81(113)95-61(84(116)117)30-31-70(106)92-46-67(104)76(109)77(110)68(105)47-101)93-55(9)66(103)45-91-54(8)65(102)33-39-123-41-42-124-40-36-90-87(120)126-48-60-58-27-21-18-22-28-59(58)60/h17,19-20,25-26,50-56,58-64,67-69,73-78,91,93,101,104-105,109-110H,16,21,23-24,27-49H2,1-15H3,(H,88,112)(H,89,119)(H,90,120)(H,92,106)(H,94,107)(H,95,113)(H,96,111)(H,97,114)(H,116,117)/t52-,53+,54?,55?,56-,58+,59-,60+,61-,62-,63-,64-,67-,68+,69+,73-,74-,75-,76+,77+,78+/m0/s1. The zero-order valence-electron chi connectivity index (χ0n) is 76.4. The largest absolute Gasteiger partial charge is 0.480 e. The van der Waals surface area contributed by atoms with Crippen LogP contribution >= 0.6 is 0 Å². The van der Waals surface area contributed by atoms with Gasteiger partial charge in [-0.05, 0) is 102 Å². The summed E-state index contributed by atoms with van der Waals surface area (Å²) >= 11 is 0. The Labute approximate surface area is 745 Å². The SMILES string of the molecule is CC[C@H](C)[C@@H]([C@@H](CC(=O)N1CCC[C@H]1[C@H](OC)[C@@H](C)C(=O)N[C@@H](Cc1ccccc1)C(=O)NCCCOC(=O)[C@H](C)NC(=O)CCNC(=O)OC[C@H](NC(C)C(=O)CNC(C)C(=O)CCOCCOCCNC(=O)OC[C@H]1[C@H]2CC#CCC[C@H]21)C(=O)N[C@@H](CCC(=O)NC[C@H](O)[C@@H](O)[C@H](O)[C@H](O)CO)C(=O)O)OC)N(C)C(=O)[C@@H](NC(=O)[C@H](C(C)C)N(C)C)C(C)C. The number of esters is 1. The number of nitrogens with zero attached hydrogens (tertiary/aromatic N) is 3. The van der Waals surface area contributed by atoms with Gasteiger partial charge in [-0.25, -0.2) is 19.2 Å². The highest BCUT2D eigenvalue weighted by molar-refractivity contribution is 5.93. The Morgan fingerprint density at radius 1 is 0.614 bits per heavy atom. The number of carboxylic acids is 1. The molecule has 1 saturated carbocycles. The number of alkyl carbamates (subject to hydrolysis) is 2. The molecule has 3 aliphatic rings. The van der Waals surface area contributed by atoms with Gasteiger partial charge in [0.15, 0.2) is 11.6 Å². The van der Waals surface area contributed by atoms with Crippen LogP contribution in [0.1, 0.15) is 152 Å². The molecule has 10 amide bonds. The molecule has 0 bridgehead atoms. The maximum Gasteiger partial charge on any atom is 0.407 e. The van der Waals surface area contributed by atoms with Crippen molar-refractivity contribution >= 4 is 82.9 Å². The molecular weight excluding hydrogens is 1660 g/mol. The summed E-state index contributed by atoms with van der Waals surface area (Å²) in [5.41, 5.74) is 0.732. The Kier molecular flexibility index (Phi) is 50.1. The second-order valence-corrected chi connectivity index (χ2v) is 33.7. The Hall–Kier alpha value is -9.12. The van der Waals surface area contributed by atoms with E-state index in [9.17, 15) is 92.7 Å². The number of benzene rings is 1. The summed E-state index contributed by atoms with van der Waals surface area (Å²) in [7, 11) is 8.26. The Bertz CT molecular complexity index is 3720. The molecule has 127 heavy (non-hydrogen) atoms. The lowest BCUT2D eigenvalue weighted by Crippen LogP contribution is -2.59. The molecule has 0 aromatic heterocycles. The first-order chi connectivity index (χ1) is 60.2. The molecule has 40 nitrogen and oxygen atoms in total. The van der Waals surface area contributed by atoms with Crippen LogP contribution in [-0.4, -0.2) is 353 Å². The molecule has 718 valence electrons. The number of aliphatic hydroxyl groups is 5. The number of aliphatic hydroxyl groups excluding tert-OH is 5. The number of aliphatic carboxylic acids is 1. The predicted molar refractivity (Wildman–Crippen MR) is 462 cm³/mol. The molecule has 0 spiro atoms. The van der Waals surface area contributed by atoms with Crippen LogP contribution in [0.15, 0.2) is 30.3 Å². The Balaban J connectivity index is 1.28. The van der Waals surface area contributed by atoms with Gasteiger partial charge in [-0.1, -0.05) is 85.2 Å². The van der Waals surface area contributed by atoms with Crippen LogP contribution in [0.5, 0.6) is 0 Å². The van der Waals surface area contributed by atoms with Gasteiger partial charge < -0.3 is 121 Å². The molecule has 21 atom stereocenters. The maximum absolute atomic E-state index is 14.6. The second-order valence-electron chi connectivity index (χ2n) is 33.7. The summed E-state index contributed by atoms with van der Waals surface area (Å²) in [5.74, 6) is -1.77. The van der Waals surface area contributed by atoms with E-state index in [1.165, 1.54) is 35.0 Å². The molecule has 2 unspecified atom stereocenters. The van der Waals surface area contributed by atoms with Crippen molar-refractivity contribution in [2.75, 3.05) is 127 Å². The first-order valence-electron chi connectivity index (χ1n) is 44.0. The van der Waals surface area contributed by atoms with Crippen molar-refractivity contribution in [3.63, 3.8) is 0 Å². The average molecular weight is 1800 g/mol. The molecule has 1 saturated heterocycles. The first-order valence-corrected chi connectivity index (χ1v) is 44.0. The van der Waals surface area contributed by atoms with Gasteiger partial charge >= 0.3 is 24.1 Å². The van der Waals surface area contributed by atoms with Gasteiger partial charge in [-0.15, -0.1) is 11.8 Å². The molecule has 4 rings (SSSR count). The molecule has 1 heterocycles. The van der Waals surface area contributed by atoms with E-state index in [4.69, 9.17) is 38.3 Å². The van der Waals surface area contributed by atoms with E-state index in [1.807, 2.05) is 60.5 Å². The molecule has 16 N–H and O–H groups in total. The van der Waals surface area contributed by atoms with Crippen LogP contribution in [0.3, 0.4) is 0 Å². The van der Waals surface area contributed by atoms with Gasteiger partial charge in [0.1, 0.15) is 55.1 Å². The van der Waals surface area contributed by atoms with Crippen molar-refractivity contribution in [2.24, 2.45) is 41.4 Å². The van der Waals surface area contributed by atoms with E-state index >= 15 is 0 Å². The monoisotopic (exact) mass is 1800 g/mol. The molecule has 1 aliphatic heterocycles. The highest BCUT2D eigenvalue weighted by atomic mass is 16.6. The van der Waals surface area contributed by atoms with E-state index < -0.39 is 215 Å². The number of hydrogen-bond donors (Lipinski definition) is 16. The van der Waals surface area contributed by atoms with Crippen LogP contribution < -0.4 is 53.2 Å². The molecule has 1 aromatic rings. The van der Waals surface area contributed by atoms with Crippen molar-refractivity contribution in [3.05, 3.63) is 35.9 Å². The minimum absolute atomic E-state index is 0.0157. The van der Waals surface area contributed by atoms with Crippen molar-refractivity contribution in [2.45, 2.75) is 250 Å². The zero-order chi connectivity index (χ0) is 94.7. The number of likely N-dealkylation sites (N-methyl/N-ethyl adjacent to an activating group) is 2. The summed E-state index contributed by atoms with van der Waals surface area (Å²) in [6.07, 6.45) is -8.09. The summed E-state index contributed by atoms with van der Waals surface area (Å²) < 4.78 is 39.2. The third-order valence-electron chi connectivity index (χ3n) is 23.2. The number of methoxy groups -OCH3 is 2. The lowest BCUT2D eigenvalue weighted by molar-refractivity contribution is -0.148. The number of amides is 10. The van der Waals surface area contributed by atoms with E-state index in [1.54, 1.807) is 54.1 Å². The van der Waals surface area contributed by atoms with Crippen LogP contribution in [0.25, 0.3) is 0 Å². The molecule has 0 radical (unpaired) electrons. The van der Waals surface area contributed by atoms with E-state index in [-0.39, 0.29) is 113 Å². The van der Waals surface area contributed by atoms with Gasteiger partial charge in [0, 0.05) is 98.4 Å². The molecule has 40 heteroatoms. The van der Waals surface area contributed by atoms with Crippen LogP contribution in [0.2, 0.25) is 0 Å². The summed E-state index contributed by atoms with van der Waals surface area (Å²) in [4.78, 5) is 193. The number of Topliss-reactive ketones (excluding diaryl/α,β-unsaturated/α-hetero) is 2. The van der Waals surface area contributed by atoms with Crippen LogP contribution in [0.4, 0.5) is 9.59 Å². The van der Waals surface area contributed by atoms with Crippen molar-refractivity contribution in [3.8, 4) is 11.8 Å². The average Bonchev–Trinajstić information content (AvgIpc) is 1.61.